The van der Waals surface area contributed by atoms with E-state index in [0.29, 0.717) is 61.8 Å². The van der Waals surface area contributed by atoms with Gasteiger partial charge in [0.2, 0.25) is 17.5 Å². The summed E-state index contributed by atoms with van der Waals surface area (Å²) in [5.41, 5.74) is 0.890. The molecular formula is C22H23N3O5. The van der Waals surface area contributed by atoms with Gasteiger partial charge in [0.25, 0.3) is 0 Å². The Morgan fingerprint density at radius 1 is 1.03 bits per heavy atom. The Morgan fingerprint density at radius 3 is 2.77 bits per heavy atom. The van der Waals surface area contributed by atoms with Gasteiger partial charge in [-0.2, -0.15) is 0 Å². The van der Waals surface area contributed by atoms with E-state index in [1.807, 2.05) is 48.5 Å². The Balaban J connectivity index is 1.20. The van der Waals surface area contributed by atoms with Crippen molar-refractivity contribution in [3.8, 4) is 28.7 Å². The van der Waals surface area contributed by atoms with Crippen LogP contribution in [0.5, 0.6) is 17.2 Å². The smallest absolute Gasteiger partial charge is 0.247 e. The minimum Gasteiger partial charge on any atom is -0.486 e. The van der Waals surface area contributed by atoms with Crippen LogP contribution in [-0.2, 0) is 6.54 Å². The predicted molar refractivity (Wildman–Crippen MR) is 107 cm³/mol. The summed E-state index contributed by atoms with van der Waals surface area (Å²) < 4.78 is 23.2. The molecule has 2 atom stereocenters. The second-order valence-corrected chi connectivity index (χ2v) is 7.39. The molecule has 3 aromatic rings. The Labute approximate surface area is 174 Å². The van der Waals surface area contributed by atoms with Crippen LogP contribution in [0.15, 0.2) is 52.9 Å². The van der Waals surface area contributed by atoms with Crippen molar-refractivity contribution in [3.05, 3.63) is 54.4 Å². The van der Waals surface area contributed by atoms with E-state index in [4.69, 9.17) is 18.6 Å². The standard InChI is InChI=1S/C22H23N3O5/c26-16-13-25(14-20-23-24-22(30-20)15-5-2-1-3-6-15)10-9-17(16)29-19-8-4-7-18-21(19)28-12-11-27-18/h1-8,16-17,26H,9-14H2/t16-,17-/m1/s1. The highest BCUT2D eigenvalue weighted by atomic mass is 16.6. The zero-order chi connectivity index (χ0) is 20.3. The van der Waals surface area contributed by atoms with Crippen LogP contribution in [0.1, 0.15) is 12.3 Å². The van der Waals surface area contributed by atoms with Gasteiger partial charge in [0, 0.05) is 18.7 Å². The number of hydrogen-bond donors (Lipinski definition) is 1. The van der Waals surface area contributed by atoms with Crippen LogP contribution >= 0.6 is 0 Å². The number of hydrogen-bond acceptors (Lipinski definition) is 8. The van der Waals surface area contributed by atoms with E-state index in [9.17, 15) is 5.11 Å². The minimum atomic E-state index is -0.643. The summed E-state index contributed by atoms with van der Waals surface area (Å²) in [6, 6.07) is 15.2. The van der Waals surface area contributed by atoms with Gasteiger partial charge in [0.05, 0.1) is 6.54 Å². The maximum absolute atomic E-state index is 10.7. The van der Waals surface area contributed by atoms with Crippen molar-refractivity contribution in [1.29, 1.82) is 0 Å². The Bertz CT molecular complexity index is 993. The van der Waals surface area contributed by atoms with Gasteiger partial charge in [0.15, 0.2) is 11.5 Å². The van der Waals surface area contributed by atoms with Gasteiger partial charge in [0.1, 0.15) is 25.4 Å². The van der Waals surface area contributed by atoms with Gasteiger partial charge in [-0.05, 0) is 30.7 Å². The van der Waals surface area contributed by atoms with Gasteiger partial charge in [-0.1, -0.05) is 24.3 Å². The number of nitrogens with zero attached hydrogens (tertiary/aromatic N) is 3. The molecule has 0 spiro atoms. The van der Waals surface area contributed by atoms with Crippen molar-refractivity contribution < 1.29 is 23.7 Å². The van der Waals surface area contributed by atoms with Crippen molar-refractivity contribution in [2.75, 3.05) is 26.3 Å². The summed E-state index contributed by atoms with van der Waals surface area (Å²) in [5.74, 6) is 2.92. The van der Waals surface area contributed by atoms with E-state index in [2.05, 4.69) is 15.1 Å². The minimum absolute atomic E-state index is 0.319. The molecular weight excluding hydrogens is 386 g/mol. The first kappa shape index (κ1) is 18.9. The number of para-hydroxylation sites is 1. The largest absolute Gasteiger partial charge is 0.486 e. The molecule has 0 amide bonds. The molecule has 3 heterocycles. The molecule has 8 nitrogen and oxygen atoms in total. The van der Waals surface area contributed by atoms with Gasteiger partial charge in [-0.25, -0.2) is 0 Å². The lowest BCUT2D eigenvalue weighted by Crippen LogP contribution is -2.48. The van der Waals surface area contributed by atoms with E-state index < -0.39 is 6.10 Å². The topological polar surface area (TPSA) is 90.1 Å². The molecule has 0 unspecified atom stereocenters. The molecule has 2 aliphatic rings. The van der Waals surface area contributed by atoms with Crippen LogP contribution in [0.25, 0.3) is 11.5 Å². The van der Waals surface area contributed by atoms with Crippen molar-refractivity contribution in [2.45, 2.75) is 25.2 Å². The lowest BCUT2D eigenvalue weighted by Gasteiger charge is -2.35. The summed E-state index contributed by atoms with van der Waals surface area (Å²) in [7, 11) is 0. The average Bonchev–Trinajstić information content (AvgIpc) is 3.25. The van der Waals surface area contributed by atoms with Crippen LogP contribution < -0.4 is 14.2 Å². The van der Waals surface area contributed by atoms with E-state index in [1.165, 1.54) is 0 Å². The van der Waals surface area contributed by atoms with Crippen molar-refractivity contribution in [3.63, 3.8) is 0 Å². The van der Waals surface area contributed by atoms with E-state index in [0.717, 1.165) is 12.1 Å². The number of ether oxygens (including phenoxy) is 3. The first-order valence-corrected chi connectivity index (χ1v) is 10.1. The summed E-state index contributed by atoms with van der Waals surface area (Å²) in [5, 5.41) is 18.9. The highest BCUT2D eigenvalue weighted by Crippen LogP contribution is 2.40. The lowest BCUT2D eigenvalue weighted by molar-refractivity contribution is -0.0307. The Morgan fingerprint density at radius 2 is 1.90 bits per heavy atom. The molecule has 2 aliphatic heterocycles. The molecule has 0 radical (unpaired) electrons. The van der Waals surface area contributed by atoms with Crippen LogP contribution in [0.4, 0.5) is 0 Å². The molecule has 1 fully saturated rings. The Kier molecular flexibility index (Phi) is 5.25. The molecule has 1 saturated heterocycles. The molecule has 2 aromatic carbocycles. The molecule has 0 saturated carbocycles. The maximum Gasteiger partial charge on any atom is 0.247 e. The molecule has 5 rings (SSSR count). The van der Waals surface area contributed by atoms with Crippen LogP contribution in [0.2, 0.25) is 0 Å². The normalized spacial score (nSPS) is 21.4. The molecule has 30 heavy (non-hydrogen) atoms. The summed E-state index contributed by atoms with van der Waals surface area (Å²) >= 11 is 0. The molecule has 1 aromatic heterocycles. The van der Waals surface area contributed by atoms with Crippen molar-refractivity contribution in [2.24, 2.45) is 0 Å². The molecule has 0 aliphatic carbocycles. The summed E-state index contributed by atoms with van der Waals surface area (Å²) in [6.45, 7) is 2.71. The first-order valence-electron chi connectivity index (χ1n) is 10.1. The fourth-order valence-corrected chi connectivity index (χ4v) is 3.77. The van der Waals surface area contributed by atoms with Gasteiger partial charge >= 0.3 is 0 Å². The molecule has 8 heteroatoms. The predicted octanol–water partition coefficient (Wildman–Crippen LogP) is 2.52. The third-order valence-electron chi connectivity index (χ3n) is 5.26. The highest BCUT2D eigenvalue weighted by molar-refractivity contribution is 5.52. The van der Waals surface area contributed by atoms with Gasteiger partial charge < -0.3 is 23.7 Å². The van der Waals surface area contributed by atoms with Crippen LogP contribution in [-0.4, -0.2) is 58.7 Å². The number of piperidine rings is 1. The van der Waals surface area contributed by atoms with Crippen LogP contribution in [0, 0.1) is 0 Å². The Hall–Kier alpha value is -3.10. The lowest BCUT2D eigenvalue weighted by atomic mass is 10.0. The SMILES string of the molecule is O[C@@H]1CN(Cc2nnc(-c3ccccc3)o2)CC[C@H]1Oc1cccc2c1OCCO2. The number of aliphatic hydroxyl groups is 1. The van der Waals surface area contributed by atoms with Crippen molar-refractivity contribution >= 4 is 0 Å². The second kappa shape index (κ2) is 8.33. The van der Waals surface area contributed by atoms with E-state index in [-0.39, 0.29) is 6.10 Å². The summed E-state index contributed by atoms with van der Waals surface area (Å²) in [6.07, 6.45) is -0.290. The zero-order valence-electron chi connectivity index (χ0n) is 16.4. The van der Waals surface area contributed by atoms with E-state index >= 15 is 0 Å². The van der Waals surface area contributed by atoms with Gasteiger partial charge in [-0.3, -0.25) is 4.90 Å². The third kappa shape index (κ3) is 3.96. The monoisotopic (exact) mass is 409 g/mol. The highest BCUT2D eigenvalue weighted by Gasteiger charge is 2.31. The van der Waals surface area contributed by atoms with Gasteiger partial charge in [-0.15, -0.1) is 10.2 Å². The molecule has 1 N–H and O–H groups in total. The first-order chi connectivity index (χ1) is 14.8. The molecule has 156 valence electrons. The number of fused-ring (bicyclic) bond motifs is 1. The quantitative estimate of drug-likeness (QED) is 0.688. The summed E-state index contributed by atoms with van der Waals surface area (Å²) in [4.78, 5) is 2.09. The van der Waals surface area contributed by atoms with E-state index in [1.54, 1.807) is 0 Å². The molecule has 0 bridgehead atoms. The maximum atomic E-state index is 10.7. The third-order valence-corrected chi connectivity index (χ3v) is 5.26. The number of aromatic nitrogens is 2. The fraction of sp³-hybridized carbons (Fsp3) is 0.364. The number of aliphatic hydroxyl groups excluding tert-OH is 1. The fourth-order valence-electron chi connectivity index (χ4n) is 3.77. The van der Waals surface area contributed by atoms with Crippen LogP contribution in [0.3, 0.4) is 0 Å². The second-order valence-electron chi connectivity index (χ2n) is 7.39. The zero-order valence-corrected chi connectivity index (χ0v) is 16.4. The number of likely N-dealkylation sites (tertiary alicyclic amines) is 1. The van der Waals surface area contributed by atoms with Crippen molar-refractivity contribution in [1.82, 2.24) is 15.1 Å². The number of rotatable bonds is 5. The number of benzene rings is 2. The number of β-amino-alcohol motifs (C(OH)–C–C–N with tert-alkyl or cyclic N) is 1. The average molecular weight is 409 g/mol.